The first-order valence-corrected chi connectivity index (χ1v) is 6.80. The quantitative estimate of drug-likeness (QED) is 0.885. The summed E-state index contributed by atoms with van der Waals surface area (Å²) in [4.78, 5) is 0. The number of rotatable bonds is 3. The third kappa shape index (κ3) is 2.53. The normalized spacial score (nSPS) is 20.7. The molecular formula is C14H19ClFNO. The predicted octanol–water partition coefficient (Wildman–Crippen LogP) is 3.42. The highest BCUT2D eigenvalue weighted by atomic mass is 35.5. The van der Waals surface area contributed by atoms with Crippen LogP contribution in [0.25, 0.3) is 0 Å². The van der Waals surface area contributed by atoms with Crippen molar-refractivity contribution >= 4 is 11.6 Å². The number of aliphatic hydroxyl groups excluding tert-OH is 1. The van der Waals surface area contributed by atoms with Crippen molar-refractivity contribution < 1.29 is 9.50 Å². The van der Waals surface area contributed by atoms with E-state index in [0.717, 1.165) is 32.1 Å². The summed E-state index contributed by atoms with van der Waals surface area (Å²) in [5.41, 5.74) is 5.78. The van der Waals surface area contributed by atoms with Crippen molar-refractivity contribution in [2.45, 2.75) is 38.2 Å². The molecule has 0 saturated heterocycles. The van der Waals surface area contributed by atoms with Crippen LogP contribution in [0.15, 0.2) is 18.2 Å². The maximum atomic E-state index is 13.9. The lowest BCUT2D eigenvalue weighted by atomic mass is 9.68. The Kier molecular flexibility index (Phi) is 4.25. The van der Waals surface area contributed by atoms with Gasteiger partial charge in [0.15, 0.2) is 0 Å². The van der Waals surface area contributed by atoms with Gasteiger partial charge in [0.05, 0.1) is 6.10 Å². The highest BCUT2D eigenvalue weighted by Gasteiger charge is 2.39. The van der Waals surface area contributed by atoms with E-state index in [9.17, 15) is 9.50 Å². The molecule has 1 aliphatic carbocycles. The fourth-order valence-electron chi connectivity index (χ4n) is 2.90. The van der Waals surface area contributed by atoms with Crippen LogP contribution >= 0.6 is 11.6 Å². The van der Waals surface area contributed by atoms with E-state index in [1.807, 2.05) is 0 Å². The van der Waals surface area contributed by atoms with Crippen LogP contribution < -0.4 is 5.73 Å². The summed E-state index contributed by atoms with van der Waals surface area (Å²) in [6, 6.07) is 4.41. The van der Waals surface area contributed by atoms with E-state index in [1.54, 1.807) is 12.1 Å². The number of hydrogen-bond acceptors (Lipinski definition) is 2. The van der Waals surface area contributed by atoms with Crippen LogP contribution in [-0.4, -0.2) is 11.7 Å². The Balaban J connectivity index is 2.30. The summed E-state index contributed by atoms with van der Waals surface area (Å²) in [5.74, 6) is -0.451. The number of hydrogen-bond donors (Lipinski definition) is 2. The van der Waals surface area contributed by atoms with Crippen LogP contribution in [0.4, 0.5) is 4.39 Å². The van der Waals surface area contributed by atoms with Crippen LogP contribution in [0, 0.1) is 11.2 Å². The van der Waals surface area contributed by atoms with E-state index in [4.69, 9.17) is 17.3 Å². The smallest absolute Gasteiger partial charge is 0.130 e. The monoisotopic (exact) mass is 271 g/mol. The second kappa shape index (κ2) is 5.55. The second-order valence-electron chi connectivity index (χ2n) is 5.20. The number of benzene rings is 1. The molecule has 0 heterocycles. The van der Waals surface area contributed by atoms with Crippen molar-refractivity contribution in [1.82, 2.24) is 0 Å². The number of nitrogens with two attached hydrogens (primary N) is 1. The Labute approximate surface area is 112 Å². The first kappa shape index (κ1) is 13.8. The molecule has 18 heavy (non-hydrogen) atoms. The summed E-state index contributed by atoms with van der Waals surface area (Å²) in [7, 11) is 0. The molecule has 4 heteroatoms. The largest absolute Gasteiger partial charge is 0.388 e. The maximum absolute atomic E-state index is 13.9. The van der Waals surface area contributed by atoms with Crippen LogP contribution in [0.3, 0.4) is 0 Å². The highest BCUT2D eigenvalue weighted by Crippen LogP contribution is 2.45. The average Bonchev–Trinajstić information content (AvgIpc) is 2.39. The van der Waals surface area contributed by atoms with Crippen LogP contribution in [0.2, 0.25) is 5.02 Å². The molecule has 1 saturated carbocycles. The van der Waals surface area contributed by atoms with E-state index in [2.05, 4.69) is 0 Å². The maximum Gasteiger partial charge on any atom is 0.130 e. The Morgan fingerprint density at radius 2 is 2.00 bits per heavy atom. The van der Waals surface area contributed by atoms with Crippen molar-refractivity contribution in [2.75, 3.05) is 6.54 Å². The lowest BCUT2D eigenvalue weighted by Crippen LogP contribution is -2.39. The molecule has 1 unspecified atom stereocenters. The highest BCUT2D eigenvalue weighted by molar-refractivity contribution is 6.30. The average molecular weight is 272 g/mol. The van der Waals surface area contributed by atoms with Gasteiger partial charge < -0.3 is 10.8 Å². The third-order valence-corrected chi connectivity index (χ3v) is 4.33. The van der Waals surface area contributed by atoms with E-state index in [-0.39, 0.29) is 5.41 Å². The lowest BCUT2D eigenvalue weighted by molar-refractivity contribution is -0.00153. The minimum Gasteiger partial charge on any atom is -0.388 e. The van der Waals surface area contributed by atoms with Gasteiger partial charge in [-0.15, -0.1) is 0 Å². The molecule has 1 fully saturated rings. The van der Waals surface area contributed by atoms with Gasteiger partial charge in [-0.2, -0.15) is 0 Å². The van der Waals surface area contributed by atoms with Gasteiger partial charge in [-0.1, -0.05) is 36.9 Å². The molecule has 0 spiro atoms. The topological polar surface area (TPSA) is 46.2 Å². The standard InChI is InChI=1S/C14H19ClFNO/c15-10-4-5-11(12(16)8-10)13(18)14(9-17)6-2-1-3-7-14/h4-5,8,13,18H,1-3,6-7,9,17H2. The van der Waals surface area contributed by atoms with Gasteiger partial charge in [0.25, 0.3) is 0 Å². The van der Waals surface area contributed by atoms with Gasteiger partial charge in [-0.05, 0) is 25.0 Å². The number of halogens is 2. The molecule has 1 aliphatic rings. The number of aliphatic hydroxyl groups is 1. The van der Waals surface area contributed by atoms with Crippen molar-refractivity contribution in [3.05, 3.63) is 34.6 Å². The first-order chi connectivity index (χ1) is 8.59. The zero-order valence-corrected chi connectivity index (χ0v) is 11.1. The van der Waals surface area contributed by atoms with Gasteiger partial charge in [0.1, 0.15) is 5.82 Å². The predicted molar refractivity (Wildman–Crippen MR) is 70.9 cm³/mol. The Morgan fingerprint density at radius 3 is 2.56 bits per heavy atom. The molecule has 1 aromatic carbocycles. The van der Waals surface area contributed by atoms with Crippen molar-refractivity contribution in [1.29, 1.82) is 0 Å². The molecule has 100 valence electrons. The molecule has 0 bridgehead atoms. The molecule has 0 aliphatic heterocycles. The minimum atomic E-state index is -0.847. The Morgan fingerprint density at radius 1 is 1.33 bits per heavy atom. The van der Waals surface area contributed by atoms with Crippen LogP contribution in [0.5, 0.6) is 0 Å². The molecule has 2 nitrogen and oxygen atoms in total. The van der Waals surface area contributed by atoms with E-state index in [0.29, 0.717) is 17.1 Å². The summed E-state index contributed by atoms with van der Waals surface area (Å²) in [5, 5.41) is 10.8. The molecule has 2 rings (SSSR count). The second-order valence-corrected chi connectivity index (χ2v) is 5.63. The minimum absolute atomic E-state index is 0.312. The molecular weight excluding hydrogens is 253 g/mol. The van der Waals surface area contributed by atoms with E-state index < -0.39 is 11.9 Å². The molecule has 0 radical (unpaired) electrons. The summed E-state index contributed by atoms with van der Waals surface area (Å²) in [6.45, 7) is 0.385. The van der Waals surface area contributed by atoms with Crippen molar-refractivity contribution in [3.63, 3.8) is 0 Å². The molecule has 0 aromatic heterocycles. The molecule has 1 aromatic rings. The van der Waals surface area contributed by atoms with Crippen LogP contribution in [-0.2, 0) is 0 Å². The summed E-state index contributed by atoms with van der Waals surface area (Å²) in [6.07, 6.45) is 4.12. The zero-order chi connectivity index (χ0) is 13.2. The summed E-state index contributed by atoms with van der Waals surface area (Å²) >= 11 is 5.73. The Hall–Kier alpha value is -0.640. The van der Waals surface area contributed by atoms with Gasteiger partial charge in [-0.3, -0.25) is 0 Å². The van der Waals surface area contributed by atoms with Gasteiger partial charge >= 0.3 is 0 Å². The first-order valence-electron chi connectivity index (χ1n) is 6.42. The Bertz CT molecular complexity index is 418. The van der Waals surface area contributed by atoms with Gasteiger partial charge in [0, 0.05) is 22.5 Å². The van der Waals surface area contributed by atoms with Crippen molar-refractivity contribution in [2.24, 2.45) is 11.1 Å². The molecule has 0 amide bonds. The van der Waals surface area contributed by atoms with Crippen LogP contribution in [0.1, 0.15) is 43.8 Å². The van der Waals surface area contributed by atoms with Crippen molar-refractivity contribution in [3.8, 4) is 0 Å². The molecule has 1 atom stereocenters. The third-order valence-electron chi connectivity index (χ3n) is 4.09. The van der Waals surface area contributed by atoms with Gasteiger partial charge in [-0.25, -0.2) is 4.39 Å². The molecule has 3 N–H and O–H groups in total. The lowest BCUT2D eigenvalue weighted by Gasteiger charge is -2.40. The fraction of sp³-hybridized carbons (Fsp3) is 0.571. The van der Waals surface area contributed by atoms with E-state index in [1.165, 1.54) is 6.07 Å². The van der Waals surface area contributed by atoms with E-state index >= 15 is 0 Å². The summed E-state index contributed by atoms with van der Waals surface area (Å²) < 4.78 is 13.9. The zero-order valence-electron chi connectivity index (χ0n) is 10.3. The SMILES string of the molecule is NCC1(C(O)c2ccc(Cl)cc2F)CCCCC1. The van der Waals surface area contributed by atoms with Gasteiger partial charge in [0.2, 0.25) is 0 Å². The fourth-order valence-corrected chi connectivity index (χ4v) is 3.06.